The minimum Gasteiger partial charge on any atom is -0.493 e. The molecule has 1 atom stereocenters. The molecule has 0 spiro atoms. The van der Waals surface area contributed by atoms with Crippen LogP contribution in [-0.2, 0) is 0 Å². The van der Waals surface area contributed by atoms with Crippen molar-refractivity contribution in [2.24, 2.45) is 11.7 Å². The predicted molar refractivity (Wildman–Crippen MR) is 63.7 cm³/mol. The van der Waals surface area contributed by atoms with Crippen LogP contribution in [0, 0.1) is 5.92 Å². The normalized spacial score (nSPS) is 17.2. The molecule has 3 nitrogen and oxygen atoms in total. The number of hydrogen-bond acceptors (Lipinski definition) is 3. The lowest BCUT2D eigenvalue weighted by Crippen LogP contribution is -2.16. The Kier molecular flexibility index (Phi) is 3.69. The van der Waals surface area contributed by atoms with Crippen LogP contribution < -0.4 is 10.5 Å². The zero-order valence-electron chi connectivity index (χ0n) is 9.03. The third-order valence-electron chi connectivity index (χ3n) is 2.74. The van der Waals surface area contributed by atoms with Gasteiger partial charge < -0.3 is 15.6 Å². The van der Waals surface area contributed by atoms with Gasteiger partial charge in [0.1, 0.15) is 5.75 Å². The summed E-state index contributed by atoms with van der Waals surface area (Å²) in [6.07, 6.45) is 2.49. The first-order chi connectivity index (χ1) is 7.70. The second-order valence-corrected chi connectivity index (χ2v) is 4.66. The summed E-state index contributed by atoms with van der Waals surface area (Å²) in [4.78, 5) is 0. The van der Waals surface area contributed by atoms with Crippen molar-refractivity contribution < 1.29 is 9.84 Å². The first kappa shape index (κ1) is 11.7. The Hall–Kier alpha value is -0.770. The molecule has 1 aliphatic carbocycles. The smallest absolute Gasteiger partial charge is 0.124 e. The zero-order chi connectivity index (χ0) is 11.5. The van der Waals surface area contributed by atoms with E-state index in [4.69, 9.17) is 27.2 Å². The van der Waals surface area contributed by atoms with Crippen LogP contribution in [0.15, 0.2) is 18.2 Å². The molecule has 1 saturated carbocycles. The summed E-state index contributed by atoms with van der Waals surface area (Å²) < 4.78 is 5.69. The van der Waals surface area contributed by atoms with Crippen molar-refractivity contribution in [3.8, 4) is 5.75 Å². The molecular weight excluding hydrogens is 226 g/mol. The Bertz CT molecular complexity index is 366. The van der Waals surface area contributed by atoms with Crippen LogP contribution in [0.2, 0.25) is 5.02 Å². The monoisotopic (exact) mass is 241 g/mol. The highest BCUT2D eigenvalue weighted by molar-refractivity contribution is 6.30. The molecule has 0 aromatic heterocycles. The maximum atomic E-state index is 9.07. The first-order valence-electron chi connectivity index (χ1n) is 5.49. The maximum absolute atomic E-state index is 9.07. The maximum Gasteiger partial charge on any atom is 0.124 e. The highest BCUT2D eigenvalue weighted by Crippen LogP contribution is 2.32. The van der Waals surface area contributed by atoms with Crippen LogP contribution in [-0.4, -0.2) is 18.3 Å². The van der Waals surface area contributed by atoms with E-state index in [1.807, 2.05) is 6.07 Å². The molecule has 1 aliphatic rings. The van der Waals surface area contributed by atoms with Crippen molar-refractivity contribution >= 4 is 11.6 Å². The van der Waals surface area contributed by atoms with Gasteiger partial charge in [-0.25, -0.2) is 0 Å². The van der Waals surface area contributed by atoms with Crippen molar-refractivity contribution in [1.29, 1.82) is 0 Å². The molecule has 3 N–H and O–H groups in total. The molecule has 0 heterocycles. The second kappa shape index (κ2) is 5.04. The molecule has 0 aliphatic heterocycles. The Morgan fingerprint density at radius 2 is 2.25 bits per heavy atom. The number of ether oxygens (including phenoxy) is 1. The Balaban J connectivity index is 2.13. The third-order valence-corrected chi connectivity index (χ3v) is 2.97. The summed E-state index contributed by atoms with van der Waals surface area (Å²) >= 11 is 5.90. The largest absolute Gasteiger partial charge is 0.493 e. The van der Waals surface area contributed by atoms with E-state index in [2.05, 4.69) is 0 Å². The number of halogens is 1. The quantitative estimate of drug-likeness (QED) is 0.830. The van der Waals surface area contributed by atoms with E-state index in [0.717, 1.165) is 17.9 Å². The number of aliphatic hydroxyl groups excluding tert-OH is 1. The minimum absolute atomic E-state index is 0.111. The van der Waals surface area contributed by atoms with Crippen LogP contribution in [0.5, 0.6) is 5.75 Å². The summed E-state index contributed by atoms with van der Waals surface area (Å²) in [7, 11) is 0. The van der Waals surface area contributed by atoms with E-state index in [1.54, 1.807) is 12.1 Å². The second-order valence-electron chi connectivity index (χ2n) is 4.23. The third kappa shape index (κ3) is 2.88. The van der Waals surface area contributed by atoms with E-state index < -0.39 is 6.04 Å². The van der Waals surface area contributed by atoms with Crippen molar-refractivity contribution in [3.05, 3.63) is 28.8 Å². The van der Waals surface area contributed by atoms with Crippen molar-refractivity contribution in [1.82, 2.24) is 0 Å². The highest BCUT2D eigenvalue weighted by atomic mass is 35.5. The lowest BCUT2D eigenvalue weighted by Gasteiger charge is -2.15. The van der Waals surface area contributed by atoms with Crippen molar-refractivity contribution in [2.45, 2.75) is 18.9 Å². The zero-order valence-corrected chi connectivity index (χ0v) is 9.78. The van der Waals surface area contributed by atoms with Gasteiger partial charge in [-0.2, -0.15) is 0 Å². The lowest BCUT2D eigenvalue weighted by atomic mass is 10.1. The van der Waals surface area contributed by atoms with Gasteiger partial charge in [-0.15, -0.1) is 0 Å². The van der Waals surface area contributed by atoms with Gasteiger partial charge in [0.2, 0.25) is 0 Å². The number of benzene rings is 1. The van der Waals surface area contributed by atoms with E-state index in [-0.39, 0.29) is 6.61 Å². The van der Waals surface area contributed by atoms with Gasteiger partial charge in [-0.05, 0) is 37.0 Å². The molecule has 0 amide bonds. The predicted octanol–water partition coefficient (Wildman–Crippen LogP) is 2.12. The first-order valence-corrected chi connectivity index (χ1v) is 5.87. The van der Waals surface area contributed by atoms with Crippen LogP contribution >= 0.6 is 11.6 Å². The van der Waals surface area contributed by atoms with Gasteiger partial charge in [-0.1, -0.05) is 11.6 Å². The number of aliphatic hydroxyl groups is 1. The van der Waals surface area contributed by atoms with Crippen LogP contribution in [0.1, 0.15) is 24.4 Å². The molecule has 4 heteroatoms. The molecule has 1 fully saturated rings. The Morgan fingerprint density at radius 3 is 2.88 bits per heavy atom. The summed E-state index contributed by atoms with van der Waals surface area (Å²) in [6, 6.07) is 4.91. The van der Waals surface area contributed by atoms with Crippen LogP contribution in [0.4, 0.5) is 0 Å². The topological polar surface area (TPSA) is 55.5 Å². The number of rotatable bonds is 5. The molecule has 2 rings (SSSR count). The van der Waals surface area contributed by atoms with E-state index in [0.29, 0.717) is 10.9 Å². The average Bonchev–Trinajstić information content (AvgIpc) is 3.10. The van der Waals surface area contributed by atoms with E-state index >= 15 is 0 Å². The fourth-order valence-electron chi connectivity index (χ4n) is 1.53. The molecule has 1 aromatic rings. The molecule has 1 aromatic carbocycles. The standard InChI is InChI=1S/C12H16ClNO2/c13-9-3-4-12(16-7-8-1-2-8)10(5-9)11(14)6-15/h3-5,8,11,15H,1-2,6-7,14H2. The Morgan fingerprint density at radius 1 is 1.50 bits per heavy atom. The minimum atomic E-state index is -0.437. The number of nitrogens with two attached hydrogens (primary N) is 1. The fraction of sp³-hybridized carbons (Fsp3) is 0.500. The van der Waals surface area contributed by atoms with E-state index in [9.17, 15) is 0 Å². The molecule has 0 saturated heterocycles. The highest BCUT2D eigenvalue weighted by Gasteiger charge is 2.23. The Labute approximate surface area is 100 Å². The van der Waals surface area contributed by atoms with Gasteiger partial charge in [0.25, 0.3) is 0 Å². The van der Waals surface area contributed by atoms with Gasteiger partial charge in [0.05, 0.1) is 19.3 Å². The summed E-state index contributed by atoms with van der Waals surface area (Å²) in [5, 5.41) is 9.68. The summed E-state index contributed by atoms with van der Waals surface area (Å²) in [6.45, 7) is 0.618. The van der Waals surface area contributed by atoms with Crippen molar-refractivity contribution in [3.63, 3.8) is 0 Å². The van der Waals surface area contributed by atoms with Gasteiger partial charge in [0, 0.05) is 10.6 Å². The average molecular weight is 242 g/mol. The SMILES string of the molecule is NC(CO)c1cc(Cl)ccc1OCC1CC1. The molecular formula is C12H16ClNO2. The van der Waals surface area contributed by atoms with Gasteiger partial charge in [0.15, 0.2) is 0 Å². The van der Waals surface area contributed by atoms with Gasteiger partial charge in [-0.3, -0.25) is 0 Å². The molecule has 0 bridgehead atoms. The number of hydrogen-bond donors (Lipinski definition) is 2. The fourth-order valence-corrected chi connectivity index (χ4v) is 1.71. The van der Waals surface area contributed by atoms with Gasteiger partial charge >= 0.3 is 0 Å². The van der Waals surface area contributed by atoms with Crippen LogP contribution in [0.3, 0.4) is 0 Å². The molecule has 88 valence electrons. The molecule has 16 heavy (non-hydrogen) atoms. The molecule has 1 unspecified atom stereocenters. The van der Waals surface area contributed by atoms with Crippen LogP contribution in [0.25, 0.3) is 0 Å². The van der Waals surface area contributed by atoms with Crippen molar-refractivity contribution in [2.75, 3.05) is 13.2 Å². The van der Waals surface area contributed by atoms with E-state index in [1.165, 1.54) is 12.8 Å². The molecule has 0 radical (unpaired) electrons. The summed E-state index contributed by atoms with van der Waals surface area (Å²) in [5.41, 5.74) is 6.57. The lowest BCUT2D eigenvalue weighted by molar-refractivity contribution is 0.257. The summed E-state index contributed by atoms with van der Waals surface area (Å²) in [5.74, 6) is 1.42.